The van der Waals surface area contributed by atoms with Crippen molar-refractivity contribution in [3.8, 4) is 0 Å². The maximum Gasteiger partial charge on any atom is 0.0827 e. The van der Waals surface area contributed by atoms with Crippen LogP contribution >= 0.6 is 0 Å². The maximum atomic E-state index is 5.47. The average Bonchev–Trinajstić information content (AvgIpc) is 2.85. The maximum absolute atomic E-state index is 5.47. The first-order valence-electron chi connectivity index (χ1n) is 6.51. The Balaban J connectivity index is 1.75. The molecular weight excluding hydrogens is 224 g/mol. The Labute approximate surface area is 108 Å². The van der Waals surface area contributed by atoms with Crippen LogP contribution in [0.4, 0.5) is 0 Å². The number of hydrogen-bond donors (Lipinski definition) is 1. The molecular formula is C14H20N4. The fraction of sp³-hybridized carbons (Fsp3) is 0.429. The lowest BCUT2D eigenvalue weighted by Gasteiger charge is -2.01. The SMILES string of the molecule is NCCCc1cn(CCCc2ccccc2)nn1. The highest BCUT2D eigenvalue weighted by Gasteiger charge is 2.00. The van der Waals surface area contributed by atoms with Gasteiger partial charge in [-0.15, -0.1) is 5.10 Å². The lowest BCUT2D eigenvalue weighted by atomic mass is 10.1. The molecule has 4 nitrogen and oxygen atoms in total. The van der Waals surface area contributed by atoms with Crippen molar-refractivity contribution in [1.29, 1.82) is 0 Å². The van der Waals surface area contributed by atoms with Crippen LogP contribution in [-0.4, -0.2) is 21.5 Å². The van der Waals surface area contributed by atoms with Crippen molar-refractivity contribution in [3.63, 3.8) is 0 Å². The first-order chi connectivity index (χ1) is 8.88. The Morgan fingerprint density at radius 1 is 1.06 bits per heavy atom. The quantitative estimate of drug-likeness (QED) is 0.808. The summed E-state index contributed by atoms with van der Waals surface area (Å²) in [6.45, 7) is 1.63. The van der Waals surface area contributed by atoms with Gasteiger partial charge in [0.15, 0.2) is 0 Å². The predicted octanol–water partition coefficient (Wildman–Crippen LogP) is 1.80. The van der Waals surface area contributed by atoms with Crippen LogP contribution in [0.1, 0.15) is 24.1 Å². The Hall–Kier alpha value is -1.68. The van der Waals surface area contributed by atoms with Crippen molar-refractivity contribution in [2.24, 2.45) is 5.73 Å². The summed E-state index contributed by atoms with van der Waals surface area (Å²) < 4.78 is 1.93. The summed E-state index contributed by atoms with van der Waals surface area (Å²) in [5.74, 6) is 0. The smallest absolute Gasteiger partial charge is 0.0827 e. The molecule has 0 saturated carbocycles. The first kappa shape index (κ1) is 12.8. The molecule has 1 heterocycles. The summed E-state index contributed by atoms with van der Waals surface area (Å²) in [6, 6.07) is 10.5. The van der Waals surface area contributed by atoms with E-state index < -0.39 is 0 Å². The lowest BCUT2D eigenvalue weighted by Crippen LogP contribution is -2.01. The van der Waals surface area contributed by atoms with Gasteiger partial charge in [-0.2, -0.15) is 0 Å². The molecule has 0 radical (unpaired) electrons. The monoisotopic (exact) mass is 244 g/mol. The van der Waals surface area contributed by atoms with Gasteiger partial charge in [-0.25, -0.2) is 0 Å². The number of aryl methyl sites for hydroxylation is 3. The third-order valence-corrected chi connectivity index (χ3v) is 2.92. The zero-order chi connectivity index (χ0) is 12.6. The Bertz CT molecular complexity index is 450. The number of aromatic nitrogens is 3. The molecule has 2 aromatic rings. The van der Waals surface area contributed by atoms with Crippen LogP contribution in [0.5, 0.6) is 0 Å². The van der Waals surface area contributed by atoms with Crippen LogP contribution < -0.4 is 5.73 Å². The molecule has 18 heavy (non-hydrogen) atoms. The second-order valence-corrected chi connectivity index (χ2v) is 4.45. The van der Waals surface area contributed by atoms with E-state index >= 15 is 0 Å². The van der Waals surface area contributed by atoms with E-state index in [-0.39, 0.29) is 0 Å². The van der Waals surface area contributed by atoms with Gasteiger partial charge in [0.2, 0.25) is 0 Å². The topological polar surface area (TPSA) is 56.7 Å². The fourth-order valence-corrected chi connectivity index (χ4v) is 1.94. The highest BCUT2D eigenvalue weighted by atomic mass is 15.4. The molecule has 0 spiro atoms. The zero-order valence-corrected chi connectivity index (χ0v) is 10.6. The van der Waals surface area contributed by atoms with Gasteiger partial charge < -0.3 is 5.73 Å². The summed E-state index contributed by atoms with van der Waals surface area (Å²) in [5.41, 5.74) is 7.89. The van der Waals surface area contributed by atoms with Crippen LogP contribution in [0, 0.1) is 0 Å². The molecule has 0 atom stereocenters. The minimum Gasteiger partial charge on any atom is -0.330 e. The number of nitrogens with two attached hydrogens (primary N) is 1. The molecule has 1 aromatic heterocycles. The second kappa shape index (κ2) is 6.91. The third kappa shape index (κ3) is 3.96. The van der Waals surface area contributed by atoms with Crippen LogP contribution in [0.25, 0.3) is 0 Å². The van der Waals surface area contributed by atoms with Gasteiger partial charge in [0.05, 0.1) is 5.69 Å². The zero-order valence-electron chi connectivity index (χ0n) is 10.6. The molecule has 0 amide bonds. The number of benzene rings is 1. The van der Waals surface area contributed by atoms with Crippen molar-refractivity contribution < 1.29 is 0 Å². The molecule has 0 saturated heterocycles. The van der Waals surface area contributed by atoms with E-state index in [9.17, 15) is 0 Å². The summed E-state index contributed by atoms with van der Waals surface area (Å²) in [5, 5.41) is 8.26. The highest BCUT2D eigenvalue weighted by Crippen LogP contribution is 2.04. The van der Waals surface area contributed by atoms with E-state index in [1.807, 2.05) is 16.9 Å². The van der Waals surface area contributed by atoms with Gasteiger partial charge in [0.25, 0.3) is 0 Å². The van der Waals surface area contributed by atoms with Gasteiger partial charge in [-0.1, -0.05) is 35.5 Å². The summed E-state index contributed by atoms with van der Waals surface area (Å²) >= 11 is 0. The molecule has 2 rings (SSSR count). The molecule has 0 aliphatic rings. The molecule has 4 heteroatoms. The first-order valence-corrected chi connectivity index (χ1v) is 6.51. The van der Waals surface area contributed by atoms with E-state index in [1.54, 1.807) is 0 Å². The van der Waals surface area contributed by atoms with Crippen LogP contribution in [-0.2, 0) is 19.4 Å². The van der Waals surface area contributed by atoms with Gasteiger partial charge >= 0.3 is 0 Å². The minimum atomic E-state index is 0.709. The minimum absolute atomic E-state index is 0.709. The van der Waals surface area contributed by atoms with Crippen molar-refractivity contribution in [2.45, 2.75) is 32.2 Å². The summed E-state index contributed by atoms with van der Waals surface area (Å²) in [6.07, 6.45) is 6.10. The van der Waals surface area contributed by atoms with Gasteiger partial charge in [-0.05, 0) is 37.8 Å². The molecule has 0 aliphatic carbocycles. The van der Waals surface area contributed by atoms with Gasteiger partial charge in [0, 0.05) is 12.7 Å². The Morgan fingerprint density at radius 2 is 1.89 bits per heavy atom. The van der Waals surface area contributed by atoms with Gasteiger partial charge in [-0.3, -0.25) is 4.68 Å². The van der Waals surface area contributed by atoms with Crippen molar-refractivity contribution >= 4 is 0 Å². The highest BCUT2D eigenvalue weighted by molar-refractivity contribution is 5.14. The van der Waals surface area contributed by atoms with E-state index in [0.717, 1.165) is 37.9 Å². The predicted molar refractivity (Wildman–Crippen MR) is 72.2 cm³/mol. The van der Waals surface area contributed by atoms with E-state index in [0.29, 0.717) is 6.54 Å². The molecule has 0 aliphatic heterocycles. The van der Waals surface area contributed by atoms with E-state index in [4.69, 9.17) is 5.73 Å². The normalized spacial score (nSPS) is 10.7. The lowest BCUT2D eigenvalue weighted by molar-refractivity contribution is 0.558. The second-order valence-electron chi connectivity index (χ2n) is 4.45. The molecule has 0 bridgehead atoms. The Morgan fingerprint density at radius 3 is 2.67 bits per heavy atom. The number of rotatable bonds is 7. The Kier molecular flexibility index (Phi) is 4.90. The van der Waals surface area contributed by atoms with Crippen molar-refractivity contribution in [2.75, 3.05) is 6.54 Å². The fourth-order valence-electron chi connectivity index (χ4n) is 1.94. The third-order valence-electron chi connectivity index (χ3n) is 2.92. The molecule has 0 unspecified atom stereocenters. The molecule has 1 aromatic carbocycles. The molecule has 96 valence electrons. The number of nitrogens with zero attached hydrogens (tertiary/aromatic N) is 3. The van der Waals surface area contributed by atoms with Crippen LogP contribution in [0.3, 0.4) is 0 Å². The largest absolute Gasteiger partial charge is 0.330 e. The van der Waals surface area contributed by atoms with Crippen LogP contribution in [0.15, 0.2) is 36.5 Å². The van der Waals surface area contributed by atoms with Crippen molar-refractivity contribution in [1.82, 2.24) is 15.0 Å². The number of hydrogen-bond acceptors (Lipinski definition) is 3. The summed E-state index contributed by atoms with van der Waals surface area (Å²) in [7, 11) is 0. The van der Waals surface area contributed by atoms with Crippen LogP contribution in [0.2, 0.25) is 0 Å². The molecule has 0 fully saturated rings. The van der Waals surface area contributed by atoms with E-state index in [2.05, 4.69) is 34.6 Å². The molecule has 2 N–H and O–H groups in total. The van der Waals surface area contributed by atoms with Crippen molar-refractivity contribution in [3.05, 3.63) is 47.8 Å². The van der Waals surface area contributed by atoms with E-state index in [1.165, 1.54) is 5.56 Å². The average molecular weight is 244 g/mol. The van der Waals surface area contributed by atoms with Gasteiger partial charge in [0.1, 0.15) is 0 Å². The standard InChI is InChI=1S/C14H20N4/c15-10-4-9-14-12-18(17-16-14)11-5-8-13-6-2-1-3-7-13/h1-3,6-7,12H,4-5,8-11,15H2. The summed E-state index contributed by atoms with van der Waals surface area (Å²) in [4.78, 5) is 0.